The fraction of sp³-hybridized carbons (Fsp3) is 0.294. The van der Waals surface area contributed by atoms with Gasteiger partial charge in [0.25, 0.3) is 0 Å². The van der Waals surface area contributed by atoms with Gasteiger partial charge in [0.1, 0.15) is 11.1 Å². The number of anilines is 1. The molecule has 3 rings (SSSR count). The van der Waals surface area contributed by atoms with Gasteiger partial charge in [-0.25, -0.2) is 0 Å². The monoisotopic (exact) mass is 328 g/mol. The van der Waals surface area contributed by atoms with Crippen molar-refractivity contribution in [1.29, 1.82) is 5.26 Å². The molecule has 0 fully saturated rings. The van der Waals surface area contributed by atoms with Gasteiger partial charge in [0.05, 0.1) is 5.56 Å². The summed E-state index contributed by atoms with van der Waals surface area (Å²) in [6, 6.07) is 12.3. The molecule has 1 aromatic carbocycles. The number of hydrogen-bond donors (Lipinski definition) is 1. The molecule has 0 radical (unpaired) electrons. The largest absolute Gasteiger partial charge is 0.317 e. The number of thioether (sulfide) groups is 1. The van der Waals surface area contributed by atoms with E-state index in [2.05, 4.69) is 11.4 Å². The van der Waals surface area contributed by atoms with E-state index in [0.717, 1.165) is 35.6 Å². The Morgan fingerprint density at radius 3 is 2.91 bits per heavy atom. The number of thiophene rings is 1. The summed E-state index contributed by atoms with van der Waals surface area (Å²) in [5.74, 6) is 0.725. The molecule has 2 aromatic rings. The molecule has 0 saturated carbocycles. The molecule has 1 aliphatic rings. The Labute approximate surface area is 138 Å². The van der Waals surface area contributed by atoms with E-state index in [9.17, 15) is 10.1 Å². The summed E-state index contributed by atoms with van der Waals surface area (Å²) in [7, 11) is 0. The molecule has 112 valence electrons. The van der Waals surface area contributed by atoms with Gasteiger partial charge in [0, 0.05) is 21.9 Å². The Bertz CT molecular complexity index is 716. The van der Waals surface area contributed by atoms with Crippen LogP contribution < -0.4 is 5.32 Å². The highest BCUT2D eigenvalue weighted by Gasteiger charge is 2.22. The number of aryl methyl sites for hydroxylation is 1. The summed E-state index contributed by atoms with van der Waals surface area (Å²) < 4.78 is 0. The van der Waals surface area contributed by atoms with Crippen molar-refractivity contribution in [1.82, 2.24) is 0 Å². The van der Waals surface area contributed by atoms with Gasteiger partial charge < -0.3 is 5.32 Å². The van der Waals surface area contributed by atoms with Gasteiger partial charge in [-0.3, -0.25) is 4.79 Å². The number of hydrogen-bond acceptors (Lipinski definition) is 4. The summed E-state index contributed by atoms with van der Waals surface area (Å²) in [6.45, 7) is 0. The molecule has 1 heterocycles. The number of benzene rings is 1. The molecule has 0 bridgehead atoms. The van der Waals surface area contributed by atoms with Crippen LogP contribution in [0.4, 0.5) is 5.00 Å². The Hall–Kier alpha value is -1.77. The van der Waals surface area contributed by atoms with Crippen LogP contribution in [-0.2, 0) is 17.6 Å². The molecular weight excluding hydrogens is 312 g/mol. The van der Waals surface area contributed by atoms with Crippen molar-refractivity contribution in [2.24, 2.45) is 0 Å². The lowest BCUT2D eigenvalue weighted by Crippen LogP contribution is -2.12. The quantitative estimate of drug-likeness (QED) is 0.836. The first kappa shape index (κ1) is 15.1. The van der Waals surface area contributed by atoms with Crippen LogP contribution in [0.25, 0.3) is 0 Å². The van der Waals surface area contributed by atoms with Crippen LogP contribution in [0.2, 0.25) is 0 Å². The summed E-state index contributed by atoms with van der Waals surface area (Å²) in [4.78, 5) is 14.5. The lowest BCUT2D eigenvalue weighted by molar-refractivity contribution is -0.115. The highest BCUT2D eigenvalue weighted by Crippen LogP contribution is 2.38. The predicted molar refractivity (Wildman–Crippen MR) is 91.5 cm³/mol. The number of fused-ring (bicyclic) bond motifs is 1. The minimum atomic E-state index is -0.0140. The van der Waals surface area contributed by atoms with Crippen molar-refractivity contribution >= 4 is 34.0 Å². The highest BCUT2D eigenvalue weighted by atomic mass is 32.2. The average molecular weight is 328 g/mol. The third kappa shape index (κ3) is 3.34. The maximum Gasteiger partial charge on any atom is 0.225 e. The van der Waals surface area contributed by atoms with Crippen LogP contribution in [0.1, 0.15) is 28.8 Å². The molecule has 3 nitrogen and oxygen atoms in total. The first-order valence-corrected chi connectivity index (χ1v) is 9.10. The number of rotatable bonds is 5. The molecule has 0 spiro atoms. The standard InChI is InChI=1S/C17H16N2OS2/c18-11-14-13-7-4-8-15(13)22-17(14)19-16(20)9-10-21-12-5-2-1-3-6-12/h1-3,5-6H,4,7-10H2,(H,19,20). The van der Waals surface area contributed by atoms with Crippen molar-refractivity contribution in [2.45, 2.75) is 30.6 Å². The van der Waals surface area contributed by atoms with E-state index in [0.29, 0.717) is 12.0 Å². The molecule has 0 unspecified atom stereocenters. The normalized spacial score (nSPS) is 12.7. The van der Waals surface area contributed by atoms with Crippen molar-refractivity contribution in [3.8, 4) is 6.07 Å². The van der Waals surface area contributed by atoms with E-state index in [1.165, 1.54) is 9.77 Å². The van der Waals surface area contributed by atoms with Crippen LogP contribution in [0, 0.1) is 11.3 Å². The molecule has 1 amide bonds. The van der Waals surface area contributed by atoms with Crippen LogP contribution in [0.15, 0.2) is 35.2 Å². The molecule has 22 heavy (non-hydrogen) atoms. The SMILES string of the molecule is N#Cc1c(NC(=O)CCSc2ccccc2)sc2c1CCC2. The molecule has 1 N–H and O–H groups in total. The van der Waals surface area contributed by atoms with Crippen LogP contribution >= 0.6 is 23.1 Å². The fourth-order valence-corrected chi connectivity index (χ4v) is 4.71. The van der Waals surface area contributed by atoms with Gasteiger partial charge in [-0.15, -0.1) is 23.1 Å². The predicted octanol–water partition coefficient (Wildman–Crippen LogP) is 4.23. The third-order valence-electron chi connectivity index (χ3n) is 3.63. The van der Waals surface area contributed by atoms with Crippen LogP contribution in [0.3, 0.4) is 0 Å². The lowest BCUT2D eigenvalue weighted by atomic mass is 10.1. The fourth-order valence-electron chi connectivity index (χ4n) is 2.58. The zero-order valence-electron chi connectivity index (χ0n) is 12.1. The number of carbonyl (C=O) groups is 1. The second kappa shape index (κ2) is 6.99. The zero-order valence-corrected chi connectivity index (χ0v) is 13.7. The first-order chi connectivity index (χ1) is 10.8. The van der Waals surface area contributed by atoms with Crippen molar-refractivity contribution in [2.75, 3.05) is 11.1 Å². The van der Waals surface area contributed by atoms with E-state index < -0.39 is 0 Å². The number of nitrogens with one attached hydrogen (secondary N) is 1. The molecule has 0 atom stereocenters. The molecule has 0 aliphatic heterocycles. The molecule has 0 saturated heterocycles. The minimum Gasteiger partial charge on any atom is -0.317 e. The van der Waals surface area contributed by atoms with Gasteiger partial charge in [-0.2, -0.15) is 5.26 Å². The summed E-state index contributed by atoms with van der Waals surface area (Å²) in [5, 5.41) is 13.0. The Morgan fingerprint density at radius 2 is 2.14 bits per heavy atom. The summed E-state index contributed by atoms with van der Waals surface area (Å²) in [6.07, 6.45) is 3.58. The van der Waals surface area contributed by atoms with E-state index in [1.54, 1.807) is 23.1 Å². The van der Waals surface area contributed by atoms with E-state index in [4.69, 9.17) is 0 Å². The van der Waals surface area contributed by atoms with Crippen LogP contribution in [-0.4, -0.2) is 11.7 Å². The van der Waals surface area contributed by atoms with Gasteiger partial charge in [-0.05, 0) is 37.0 Å². The van der Waals surface area contributed by atoms with E-state index >= 15 is 0 Å². The topological polar surface area (TPSA) is 52.9 Å². The number of amides is 1. The third-order valence-corrected chi connectivity index (χ3v) is 5.85. The van der Waals surface area contributed by atoms with Gasteiger partial charge in [0.2, 0.25) is 5.91 Å². The second-order valence-electron chi connectivity index (χ2n) is 5.13. The molecule has 1 aromatic heterocycles. The summed E-state index contributed by atoms with van der Waals surface area (Å²) in [5.41, 5.74) is 1.84. The van der Waals surface area contributed by atoms with Crippen molar-refractivity contribution in [3.05, 3.63) is 46.3 Å². The van der Waals surface area contributed by atoms with E-state index in [-0.39, 0.29) is 5.91 Å². The first-order valence-electron chi connectivity index (χ1n) is 7.30. The van der Waals surface area contributed by atoms with Gasteiger partial charge in [-0.1, -0.05) is 18.2 Å². The van der Waals surface area contributed by atoms with Crippen molar-refractivity contribution in [3.63, 3.8) is 0 Å². The maximum absolute atomic E-state index is 12.1. The minimum absolute atomic E-state index is 0.0140. The van der Waals surface area contributed by atoms with Gasteiger partial charge >= 0.3 is 0 Å². The highest BCUT2D eigenvalue weighted by molar-refractivity contribution is 7.99. The summed E-state index contributed by atoms with van der Waals surface area (Å²) >= 11 is 3.24. The lowest BCUT2D eigenvalue weighted by Gasteiger charge is -2.04. The number of carbonyl (C=O) groups excluding carboxylic acids is 1. The van der Waals surface area contributed by atoms with E-state index in [1.807, 2.05) is 30.3 Å². The number of nitrogens with zero attached hydrogens (tertiary/aromatic N) is 1. The van der Waals surface area contributed by atoms with Gasteiger partial charge in [0.15, 0.2) is 0 Å². The number of nitriles is 1. The Morgan fingerprint density at radius 1 is 1.32 bits per heavy atom. The van der Waals surface area contributed by atoms with Crippen molar-refractivity contribution < 1.29 is 4.79 Å². The molecular formula is C17H16N2OS2. The molecule has 5 heteroatoms. The smallest absolute Gasteiger partial charge is 0.225 e. The maximum atomic E-state index is 12.1. The van der Waals surface area contributed by atoms with Crippen LogP contribution in [0.5, 0.6) is 0 Å². The Kier molecular flexibility index (Phi) is 4.81. The second-order valence-corrected chi connectivity index (χ2v) is 7.41. The average Bonchev–Trinajstić information content (AvgIpc) is 3.08. The Balaban J connectivity index is 1.55. The molecule has 1 aliphatic carbocycles. The zero-order chi connectivity index (χ0) is 15.4.